The molecule has 0 fully saturated rings. The molecule has 0 aliphatic rings. The van der Waals surface area contributed by atoms with Crippen LogP contribution in [0.4, 0.5) is 26.3 Å². The monoisotopic (exact) mass is 377 g/mol. The Morgan fingerprint density at radius 3 is 1.58 bits per heavy atom. The lowest BCUT2D eigenvalue weighted by molar-refractivity contribution is -0.0442. The molecule has 1 N–H and O–H groups in total. The van der Waals surface area contributed by atoms with Gasteiger partial charge in [-0.2, -0.15) is 30.8 Å². The molecule has 0 aliphatic heterocycles. The lowest BCUT2D eigenvalue weighted by atomic mass is 11.6. The van der Waals surface area contributed by atoms with E-state index >= 15 is 0 Å². The van der Waals surface area contributed by atoms with E-state index in [1.165, 1.54) is 4.49 Å². The predicted molar refractivity (Wildman–Crippen MR) is 49.9 cm³/mol. The van der Waals surface area contributed by atoms with Crippen molar-refractivity contribution in [3.63, 3.8) is 0 Å². The van der Waals surface area contributed by atoms with Crippen LogP contribution in [0.15, 0.2) is 0 Å². The Morgan fingerprint density at radius 2 is 1.32 bits per heavy atom. The number of rotatable bonds is 4. The van der Waals surface area contributed by atoms with E-state index in [0.717, 1.165) is 0 Å². The number of halogens is 7. The largest absolute Gasteiger partial charge is 0.511 e. The van der Waals surface area contributed by atoms with E-state index < -0.39 is 37.9 Å². The highest BCUT2D eigenvalue weighted by Gasteiger charge is 2.49. The van der Waals surface area contributed by atoms with Crippen molar-refractivity contribution in [3.8, 4) is 0 Å². The van der Waals surface area contributed by atoms with Gasteiger partial charge in [0.15, 0.2) is 16.8 Å². The molecular formula is C2HClF6N2O5PS2-. The summed E-state index contributed by atoms with van der Waals surface area (Å²) in [6.45, 7) is -5.90. The molecule has 0 amide bonds. The number of alkyl halides is 6. The number of nitrogens with one attached hydrogen (secondary N) is 1. The standard InChI is InChI=1S/C2HClF6N2O5PS2/c3-17(12,10-18(13,14)1(4,5)6)11-19(15,16)2(7,8)9/h(H-,10,11,12)/q-1. The first kappa shape index (κ1) is 18.9. The zero-order valence-electron chi connectivity index (χ0n) is 7.90. The van der Waals surface area contributed by atoms with Crippen molar-refractivity contribution in [2.75, 3.05) is 0 Å². The molecule has 0 rings (SSSR count). The Kier molecular flexibility index (Phi) is 5.01. The van der Waals surface area contributed by atoms with Crippen LogP contribution in [0.5, 0.6) is 0 Å². The van der Waals surface area contributed by atoms with Crippen molar-refractivity contribution >= 4 is 38.1 Å². The second-order valence-electron chi connectivity index (χ2n) is 2.54. The van der Waals surface area contributed by atoms with Crippen molar-refractivity contribution in [1.82, 2.24) is 4.49 Å². The lowest BCUT2D eigenvalue weighted by Gasteiger charge is -2.27. The van der Waals surface area contributed by atoms with Crippen LogP contribution >= 0.6 is 18.0 Å². The first-order chi connectivity index (χ1) is 7.91. The Bertz CT molecular complexity index is 542. The molecule has 0 saturated heterocycles. The average Bonchev–Trinajstić information content (AvgIpc) is 1.93. The first-order valence-electron chi connectivity index (χ1n) is 3.37. The van der Waals surface area contributed by atoms with Gasteiger partial charge in [0.2, 0.25) is 0 Å². The van der Waals surface area contributed by atoms with Crippen LogP contribution in [0.2, 0.25) is 0 Å². The van der Waals surface area contributed by atoms with Gasteiger partial charge in [0, 0.05) is 0 Å². The zero-order chi connectivity index (χ0) is 15.9. The number of hydrogen-bond acceptors (Lipinski definition) is 5. The van der Waals surface area contributed by atoms with Gasteiger partial charge in [0.1, 0.15) is 0 Å². The third-order valence-corrected chi connectivity index (χ3v) is 6.98. The molecule has 17 heteroatoms. The van der Waals surface area contributed by atoms with Crippen LogP contribution in [0, 0.1) is 0 Å². The molecule has 0 bridgehead atoms. The van der Waals surface area contributed by atoms with Gasteiger partial charge in [-0.3, -0.25) is 0 Å². The van der Waals surface area contributed by atoms with E-state index in [0.29, 0.717) is 0 Å². The van der Waals surface area contributed by atoms with E-state index in [4.69, 9.17) is 0 Å². The fraction of sp³-hybridized carbons (Fsp3) is 1.00. The van der Waals surface area contributed by atoms with Gasteiger partial charge in [-0.15, -0.1) is 0 Å². The summed E-state index contributed by atoms with van der Waals surface area (Å²) in [6.07, 6.45) is 0. The summed E-state index contributed by atoms with van der Waals surface area (Å²) >= 11 is 4.44. The zero-order valence-corrected chi connectivity index (χ0v) is 11.2. The van der Waals surface area contributed by atoms with E-state index in [1.54, 1.807) is 0 Å². The summed E-state index contributed by atoms with van der Waals surface area (Å²) in [7, 11) is -13.0. The molecule has 0 aromatic heterocycles. The minimum atomic E-state index is -6.54. The quantitative estimate of drug-likeness (QED) is 0.595. The normalized spacial score (nSPS) is 18.1. The van der Waals surface area contributed by atoms with Crippen LogP contribution in [-0.2, 0) is 24.6 Å². The summed E-state index contributed by atoms with van der Waals surface area (Å²) < 4.78 is 124. The maximum atomic E-state index is 11.8. The molecule has 1 atom stereocenters. The fourth-order valence-electron chi connectivity index (χ4n) is 0.401. The van der Waals surface area contributed by atoms with Crippen molar-refractivity contribution < 1.29 is 47.7 Å². The molecule has 0 spiro atoms. The molecule has 0 aromatic carbocycles. The molecule has 1 unspecified atom stereocenters. The third-order valence-electron chi connectivity index (χ3n) is 1.04. The van der Waals surface area contributed by atoms with Gasteiger partial charge >= 0.3 is 21.0 Å². The Hall–Kier alpha value is -0.0800. The molecular weight excluding hydrogens is 377 g/mol. The Balaban J connectivity index is 5.34. The minimum absolute atomic E-state index is 0.0231. The highest BCUT2D eigenvalue weighted by atomic mass is 35.7. The molecule has 0 heterocycles. The topological polar surface area (TPSA) is 111 Å². The molecule has 7 nitrogen and oxygen atoms in total. The molecule has 116 valence electrons. The van der Waals surface area contributed by atoms with E-state index in [9.17, 15) is 47.7 Å². The number of sulfonamides is 2. The van der Waals surface area contributed by atoms with Crippen LogP contribution in [-0.4, -0.2) is 27.9 Å². The van der Waals surface area contributed by atoms with Crippen molar-refractivity contribution in [3.05, 3.63) is 4.49 Å². The Labute approximate surface area is 106 Å². The lowest BCUT2D eigenvalue weighted by Crippen LogP contribution is -2.34. The maximum absolute atomic E-state index is 11.8. The second kappa shape index (κ2) is 5.04. The van der Waals surface area contributed by atoms with Gasteiger partial charge in [0.05, 0.1) is 0 Å². The molecule has 0 aliphatic carbocycles. The minimum Gasteiger partial charge on any atom is -0.456 e. The smallest absolute Gasteiger partial charge is 0.456 e. The highest BCUT2D eigenvalue weighted by Crippen LogP contribution is 2.58. The SMILES string of the molecule is O=P(Cl)([N-]S(=O)(=O)C(F)(F)F)NS(=O)(=O)C(F)(F)F. The fourth-order valence-corrected chi connectivity index (χ4v) is 5.46. The number of nitrogens with zero attached hydrogens (tertiary/aromatic N) is 1. The van der Waals surface area contributed by atoms with E-state index in [-0.39, 0.29) is 4.49 Å². The van der Waals surface area contributed by atoms with Gasteiger partial charge in [0.25, 0.3) is 0 Å². The van der Waals surface area contributed by atoms with Gasteiger partial charge in [-0.1, -0.05) is 11.2 Å². The van der Waals surface area contributed by atoms with Crippen molar-refractivity contribution in [2.24, 2.45) is 0 Å². The van der Waals surface area contributed by atoms with Crippen molar-refractivity contribution in [2.45, 2.75) is 11.0 Å². The Morgan fingerprint density at radius 1 is 0.947 bits per heavy atom. The predicted octanol–water partition coefficient (Wildman–Crippen LogP) is 2.00. The van der Waals surface area contributed by atoms with E-state index in [2.05, 4.69) is 11.2 Å². The summed E-state index contributed by atoms with van der Waals surface area (Å²) in [5.41, 5.74) is -12.2. The van der Waals surface area contributed by atoms with Gasteiger partial charge < -0.3 is 9.06 Å². The van der Waals surface area contributed by atoms with Gasteiger partial charge in [-0.05, 0) is 0 Å². The van der Waals surface area contributed by atoms with Crippen LogP contribution < -0.4 is 4.49 Å². The van der Waals surface area contributed by atoms with Crippen LogP contribution in [0.25, 0.3) is 4.49 Å². The molecule has 0 aromatic rings. The highest BCUT2D eigenvalue weighted by molar-refractivity contribution is 8.13. The van der Waals surface area contributed by atoms with Gasteiger partial charge in [-0.25, -0.2) is 16.8 Å². The average molecular weight is 378 g/mol. The van der Waals surface area contributed by atoms with Crippen LogP contribution in [0.1, 0.15) is 0 Å². The number of hydrogen-bond donors (Lipinski definition) is 1. The first-order valence-corrected chi connectivity index (χ1v) is 8.86. The molecule has 0 radical (unpaired) electrons. The third kappa shape index (κ3) is 5.07. The molecule has 0 saturated carbocycles. The summed E-state index contributed by atoms with van der Waals surface area (Å²) in [5, 5.41) is 0. The molecule has 19 heavy (non-hydrogen) atoms. The second-order valence-corrected chi connectivity index (χ2v) is 9.19. The summed E-state index contributed by atoms with van der Waals surface area (Å²) in [4.78, 5) is 0. The van der Waals surface area contributed by atoms with E-state index in [1.807, 2.05) is 0 Å². The summed E-state index contributed by atoms with van der Waals surface area (Å²) in [5.74, 6) is 0. The summed E-state index contributed by atoms with van der Waals surface area (Å²) in [6, 6.07) is 0. The van der Waals surface area contributed by atoms with Crippen LogP contribution in [0.3, 0.4) is 0 Å². The van der Waals surface area contributed by atoms with Crippen molar-refractivity contribution in [1.29, 1.82) is 0 Å². The maximum Gasteiger partial charge on any atom is 0.511 e.